The number of aryl methyl sites for hydroxylation is 1. The number of likely N-dealkylation sites (tertiary alicyclic amines) is 1. The number of rotatable bonds is 5. The molecule has 4 aromatic rings. The van der Waals surface area contributed by atoms with Gasteiger partial charge in [0.25, 0.3) is 5.91 Å². The van der Waals surface area contributed by atoms with Crippen LogP contribution < -0.4 is 15.5 Å². The summed E-state index contributed by atoms with van der Waals surface area (Å²) in [5, 5.41) is 7.41. The zero-order valence-electron chi connectivity index (χ0n) is 21.1. The zero-order chi connectivity index (χ0) is 25.5. The number of amides is 1. The number of fused-ring (bicyclic) bond motifs is 3. The molecule has 3 aromatic heterocycles. The Bertz CT molecular complexity index is 1500. The minimum absolute atomic E-state index is 0.109. The van der Waals surface area contributed by atoms with Crippen molar-refractivity contribution in [3.05, 3.63) is 53.5 Å². The van der Waals surface area contributed by atoms with Crippen molar-refractivity contribution in [2.75, 3.05) is 49.5 Å². The van der Waals surface area contributed by atoms with Gasteiger partial charge in [0.1, 0.15) is 5.69 Å². The third kappa shape index (κ3) is 4.27. The number of benzene rings is 1. The fourth-order valence-electron chi connectivity index (χ4n) is 5.32. The van der Waals surface area contributed by atoms with Crippen LogP contribution in [-0.2, 0) is 0 Å². The summed E-state index contributed by atoms with van der Waals surface area (Å²) in [5.41, 5.74) is 4.68. The molecule has 0 aliphatic carbocycles. The predicted octanol–water partition coefficient (Wildman–Crippen LogP) is 3.18. The molecule has 2 saturated heterocycles. The van der Waals surface area contributed by atoms with Crippen LogP contribution in [0.25, 0.3) is 16.7 Å². The van der Waals surface area contributed by atoms with Gasteiger partial charge in [-0.15, -0.1) is 0 Å². The minimum Gasteiger partial charge on any atom is -0.369 e. The van der Waals surface area contributed by atoms with Crippen molar-refractivity contribution in [3.63, 3.8) is 0 Å². The van der Waals surface area contributed by atoms with Crippen molar-refractivity contribution in [3.8, 4) is 0 Å². The van der Waals surface area contributed by atoms with Crippen LogP contribution in [0.4, 0.5) is 17.3 Å². The third-order valence-corrected chi connectivity index (χ3v) is 7.28. The molecule has 0 atom stereocenters. The van der Waals surface area contributed by atoms with Gasteiger partial charge < -0.3 is 20.4 Å². The van der Waals surface area contributed by atoms with E-state index in [0.29, 0.717) is 28.5 Å². The molecule has 1 amide bonds. The van der Waals surface area contributed by atoms with Crippen molar-refractivity contribution < 1.29 is 9.59 Å². The lowest BCUT2D eigenvalue weighted by molar-refractivity contribution is 0.0787. The summed E-state index contributed by atoms with van der Waals surface area (Å²) in [6, 6.07) is 8.24. The van der Waals surface area contributed by atoms with Gasteiger partial charge in [-0.25, -0.2) is 9.97 Å². The van der Waals surface area contributed by atoms with Crippen LogP contribution in [0.3, 0.4) is 0 Å². The fourth-order valence-corrected chi connectivity index (χ4v) is 5.32. The molecule has 10 nitrogen and oxygen atoms in total. The van der Waals surface area contributed by atoms with E-state index >= 15 is 0 Å². The van der Waals surface area contributed by atoms with Crippen LogP contribution in [0.15, 0.2) is 36.7 Å². The molecule has 0 radical (unpaired) electrons. The lowest BCUT2D eigenvalue weighted by Crippen LogP contribution is -2.43. The molecule has 0 saturated carbocycles. The van der Waals surface area contributed by atoms with Gasteiger partial charge in [0.05, 0.1) is 5.56 Å². The molecule has 0 unspecified atom stereocenters. The number of imidazole rings is 1. The van der Waals surface area contributed by atoms with E-state index in [-0.39, 0.29) is 11.7 Å². The minimum atomic E-state index is -0.113. The Morgan fingerprint density at radius 3 is 2.41 bits per heavy atom. The second-order valence-electron chi connectivity index (χ2n) is 9.72. The van der Waals surface area contributed by atoms with Crippen molar-refractivity contribution >= 4 is 45.7 Å². The molecule has 0 bridgehead atoms. The second kappa shape index (κ2) is 9.44. The van der Waals surface area contributed by atoms with E-state index in [1.165, 1.54) is 12.6 Å². The van der Waals surface area contributed by atoms with Crippen molar-refractivity contribution in [1.82, 2.24) is 29.6 Å². The van der Waals surface area contributed by atoms with Crippen LogP contribution in [0.5, 0.6) is 0 Å². The molecule has 6 rings (SSSR count). The highest BCUT2D eigenvalue weighted by molar-refractivity contribution is 6.06. The largest absolute Gasteiger partial charge is 0.369 e. The summed E-state index contributed by atoms with van der Waals surface area (Å²) >= 11 is 0. The normalized spacial score (nSPS) is 16.1. The van der Waals surface area contributed by atoms with E-state index in [2.05, 4.69) is 37.6 Å². The highest BCUT2D eigenvalue weighted by Gasteiger charge is 2.25. The SMILES string of the molecule is CC(=O)c1c(C)c2cnc(Nc3ccc(N4CCNCC4)cc3)nc2n2cc(C(=O)N3CCCC3)nc12. The van der Waals surface area contributed by atoms with Gasteiger partial charge in [-0.05, 0) is 56.5 Å². The quantitative estimate of drug-likeness (QED) is 0.404. The van der Waals surface area contributed by atoms with Crippen molar-refractivity contribution in [2.24, 2.45) is 0 Å². The maximum Gasteiger partial charge on any atom is 0.274 e. The lowest BCUT2D eigenvalue weighted by Gasteiger charge is -2.29. The van der Waals surface area contributed by atoms with E-state index in [9.17, 15) is 9.59 Å². The van der Waals surface area contributed by atoms with Gasteiger partial charge >= 0.3 is 0 Å². The summed E-state index contributed by atoms with van der Waals surface area (Å²) in [6.07, 6.45) is 5.42. The highest BCUT2D eigenvalue weighted by Crippen LogP contribution is 2.28. The molecule has 37 heavy (non-hydrogen) atoms. The van der Waals surface area contributed by atoms with Crippen LogP contribution >= 0.6 is 0 Å². The van der Waals surface area contributed by atoms with Gasteiger partial charge in [-0.3, -0.25) is 14.0 Å². The Hall–Kier alpha value is -4.05. The Morgan fingerprint density at radius 1 is 0.973 bits per heavy atom. The molecule has 5 heterocycles. The molecule has 2 N–H and O–H groups in total. The summed E-state index contributed by atoms with van der Waals surface area (Å²) < 4.78 is 1.75. The molecule has 0 spiro atoms. The van der Waals surface area contributed by atoms with Crippen LogP contribution in [0.2, 0.25) is 0 Å². The van der Waals surface area contributed by atoms with E-state index in [4.69, 9.17) is 4.98 Å². The average molecular weight is 499 g/mol. The Labute approximate surface area is 214 Å². The number of carbonyl (C=O) groups is 2. The maximum atomic E-state index is 13.1. The Balaban J connectivity index is 1.37. The monoisotopic (exact) mass is 498 g/mol. The van der Waals surface area contributed by atoms with Crippen molar-refractivity contribution in [2.45, 2.75) is 26.7 Å². The van der Waals surface area contributed by atoms with Gasteiger partial charge in [0, 0.05) is 68.4 Å². The number of ketones is 1. The number of hydrogen-bond donors (Lipinski definition) is 2. The van der Waals surface area contributed by atoms with E-state index in [1.807, 2.05) is 24.0 Å². The number of carbonyl (C=O) groups excluding carboxylic acids is 2. The standard InChI is InChI=1S/C27H30N8O2/c1-17-21-15-29-27(30-19-5-7-20(8-6-19)33-13-9-28-10-14-33)32-24(21)35-16-22(26(37)34-11-3-4-12-34)31-25(35)23(17)18(2)36/h5-8,15-16,28H,3-4,9-14H2,1-2H3,(H,29,30,32). The van der Waals surface area contributed by atoms with Crippen LogP contribution in [0, 0.1) is 6.92 Å². The molecule has 10 heteroatoms. The van der Waals surface area contributed by atoms with Crippen LogP contribution in [-0.4, -0.2) is 75.2 Å². The first-order valence-corrected chi connectivity index (χ1v) is 12.8. The number of Topliss-reactive ketones (excluding diaryl/α,β-unsaturated/α-hetero) is 1. The number of nitrogens with one attached hydrogen (secondary N) is 2. The van der Waals surface area contributed by atoms with Gasteiger partial charge in [-0.2, -0.15) is 4.98 Å². The Kier molecular flexibility index (Phi) is 5.96. The van der Waals surface area contributed by atoms with Crippen LogP contribution in [0.1, 0.15) is 46.2 Å². The summed E-state index contributed by atoms with van der Waals surface area (Å²) in [6.45, 7) is 8.82. The van der Waals surface area contributed by atoms with Gasteiger partial charge in [-0.1, -0.05) is 0 Å². The number of nitrogens with zero attached hydrogens (tertiary/aromatic N) is 6. The van der Waals surface area contributed by atoms with E-state index in [1.54, 1.807) is 16.8 Å². The van der Waals surface area contributed by atoms with E-state index < -0.39 is 0 Å². The second-order valence-corrected chi connectivity index (χ2v) is 9.72. The summed E-state index contributed by atoms with van der Waals surface area (Å²) in [7, 11) is 0. The van der Waals surface area contributed by atoms with E-state index in [0.717, 1.165) is 68.7 Å². The Morgan fingerprint density at radius 2 is 1.70 bits per heavy atom. The van der Waals surface area contributed by atoms with Crippen molar-refractivity contribution in [1.29, 1.82) is 0 Å². The highest BCUT2D eigenvalue weighted by atomic mass is 16.2. The third-order valence-electron chi connectivity index (χ3n) is 7.28. The smallest absolute Gasteiger partial charge is 0.274 e. The molecule has 190 valence electrons. The molecule has 2 aliphatic heterocycles. The number of pyridine rings is 1. The number of piperazine rings is 1. The zero-order valence-corrected chi connectivity index (χ0v) is 21.1. The molecular formula is C27H30N8O2. The molecule has 1 aromatic carbocycles. The van der Waals surface area contributed by atoms with Gasteiger partial charge in [0.2, 0.25) is 5.95 Å². The fraction of sp³-hybridized carbons (Fsp3) is 0.370. The molecule has 2 aliphatic rings. The first-order valence-electron chi connectivity index (χ1n) is 12.8. The molecular weight excluding hydrogens is 468 g/mol. The maximum absolute atomic E-state index is 13.1. The number of hydrogen-bond acceptors (Lipinski definition) is 8. The number of anilines is 3. The lowest BCUT2D eigenvalue weighted by atomic mass is 10.0. The first kappa shape index (κ1) is 23.4. The summed E-state index contributed by atoms with van der Waals surface area (Å²) in [5.74, 6) is 0.209. The molecule has 2 fully saturated rings. The first-order chi connectivity index (χ1) is 18.0. The summed E-state index contributed by atoms with van der Waals surface area (Å²) in [4.78, 5) is 43.8. The topological polar surface area (TPSA) is 108 Å². The average Bonchev–Trinajstić information content (AvgIpc) is 3.60. The van der Waals surface area contributed by atoms with Gasteiger partial charge in [0.15, 0.2) is 17.1 Å². The predicted molar refractivity (Wildman–Crippen MR) is 143 cm³/mol. The number of aromatic nitrogens is 4.